The standard InChI is InChI=1S/C20H27N3O3S/c1-5-16-9-6-8-15(2)19(16)22-20(24)17-10-7-11-18(14-17)27(25,26)21-12-13-23(3)4/h6-11,14,21H,5,12-13H2,1-4H3,(H,22,24). The van der Waals surface area contributed by atoms with E-state index in [0.717, 1.165) is 23.2 Å². The van der Waals surface area contributed by atoms with Crippen LogP contribution in [0.15, 0.2) is 47.4 Å². The maximum Gasteiger partial charge on any atom is 0.255 e. The lowest BCUT2D eigenvalue weighted by atomic mass is 10.1. The summed E-state index contributed by atoms with van der Waals surface area (Å²) in [5, 5.41) is 2.92. The van der Waals surface area contributed by atoms with Crippen LogP contribution in [0.1, 0.15) is 28.4 Å². The van der Waals surface area contributed by atoms with Crippen LogP contribution in [0.2, 0.25) is 0 Å². The van der Waals surface area contributed by atoms with Gasteiger partial charge in [-0.1, -0.05) is 31.2 Å². The highest BCUT2D eigenvalue weighted by atomic mass is 32.2. The highest BCUT2D eigenvalue weighted by molar-refractivity contribution is 7.89. The van der Waals surface area contributed by atoms with Crippen molar-refractivity contribution in [1.29, 1.82) is 0 Å². The van der Waals surface area contributed by atoms with Crippen LogP contribution in [0.25, 0.3) is 0 Å². The van der Waals surface area contributed by atoms with Gasteiger partial charge in [-0.2, -0.15) is 0 Å². The highest BCUT2D eigenvalue weighted by Crippen LogP contribution is 2.22. The molecule has 0 heterocycles. The van der Waals surface area contributed by atoms with Gasteiger partial charge >= 0.3 is 0 Å². The first-order valence-electron chi connectivity index (χ1n) is 8.89. The maximum atomic E-state index is 12.7. The largest absolute Gasteiger partial charge is 0.321 e. The molecule has 6 nitrogen and oxygen atoms in total. The summed E-state index contributed by atoms with van der Waals surface area (Å²) in [4.78, 5) is 14.7. The molecule has 0 aliphatic rings. The molecule has 2 N–H and O–H groups in total. The number of carbonyl (C=O) groups excluding carboxylic acids is 1. The molecule has 0 radical (unpaired) electrons. The number of hydrogen-bond acceptors (Lipinski definition) is 4. The second kappa shape index (κ2) is 9.12. The predicted octanol–water partition coefficient (Wildman–Crippen LogP) is 2.65. The third-order valence-electron chi connectivity index (χ3n) is 4.24. The van der Waals surface area contributed by atoms with Gasteiger partial charge in [0.15, 0.2) is 0 Å². The van der Waals surface area contributed by atoms with Crippen molar-refractivity contribution in [2.45, 2.75) is 25.2 Å². The molecule has 0 fully saturated rings. The Morgan fingerprint density at radius 2 is 1.81 bits per heavy atom. The fourth-order valence-corrected chi connectivity index (χ4v) is 3.75. The molecule has 0 aliphatic carbocycles. The van der Waals surface area contributed by atoms with E-state index in [1.807, 2.05) is 51.0 Å². The third kappa shape index (κ3) is 5.63. The Morgan fingerprint density at radius 1 is 1.11 bits per heavy atom. The van der Waals surface area contributed by atoms with Crippen molar-refractivity contribution >= 4 is 21.6 Å². The van der Waals surface area contributed by atoms with Crippen molar-refractivity contribution in [2.24, 2.45) is 0 Å². The van der Waals surface area contributed by atoms with E-state index in [0.29, 0.717) is 18.7 Å². The second-order valence-electron chi connectivity index (χ2n) is 6.65. The van der Waals surface area contributed by atoms with Crippen LogP contribution in [0.3, 0.4) is 0 Å². The molecule has 0 saturated heterocycles. The number of carbonyl (C=O) groups is 1. The van der Waals surface area contributed by atoms with E-state index in [1.54, 1.807) is 12.1 Å². The number of aryl methyl sites for hydroxylation is 2. The molecule has 0 spiro atoms. The number of anilines is 1. The molecular weight excluding hydrogens is 362 g/mol. The lowest BCUT2D eigenvalue weighted by Crippen LogP contribution is -2.31. The fraction of sp³-hybridized carbons (Fsp3) is 0.350. The Balaban J connectivity index is 2.21. The number of nitrogens with one attached hydrogen (secondary N) is 2. The van der Waals surface area contributed by atoms with Crippen LogP contribution in [0.5, 0.6) is 0 Å². The van der Waals surface area contributed by atoms with Gasteiger partial charge < -0.3 is 10.2 Å². The number of sulfonamides is 1. The summed E-state index contributed by atoms with van der Waals surface area (Å²) in [6, 6.07) is 11.9. The summed E-state index contributed by atoms with van der Waals surface area (Å²) < 4.78 is 27.4. The summed E-state index contributed by atoms with van der Waals surface area (Å²) in [6.45, 7) is 4.85. The number of nitrogens with zero attached hydrogens (tertiary/aromatic N) is 1. The molecule has 0 saturated carbocycles. The second-order valence-corrected chi connectivity index (χ2v) is 8.41. The first kappa shape index (κ1) is 21.1. The molecule has 146 valence electrons. The molecule has 27 heavy (non-hydrogen) atoms. The highest BCUT2D eigenvalue weighted by Gasteiger charge is 2.17. The van der Waals surface area contributed by atoms with E-state index in [1.165, 1.54) is 12.1 Å². The minimum Gasteiger partial charge on any atom is -0.321 e. The summed E-state index contributed by atoms with van der Waals surface area (Å²) >= 11 is 0. The van der Waals surface area contributed by atoms with E-state index in [-0.39, 0.29) is 10.8 Å². The summed E-state index contributed by atoms with van der Waals surface area (Å²) in [5.41, 5.74) is 3.09. The smallest absolute Gasteiger partial charge is 0.255 e. The molecular formula is C20H27N3O3S. The zero-order chi connectivity index (χ0) is 20.0. The average Bonchev–Trinajstić information content (AvgIpc) is 2.63. The van der Waals surface area contributed by atoms with Gasteiger partial charge in [0.1, 0.15) is 0 Å². The molecule has 7 heteroatoms. The van der Waals surface area contributed by atoms with Crippen molar-refractivity contribution in [1.82, 2.24) is 9.62 Å². The minimum atomic E-state index is -3.66. The van der Waals surface area contributed by atoms with Crippen LogP contribution in [0, 0.1) is 6.92 Å². The Hall–Kier alpha value is -2.22. The first-order chi connectivity index (χ1) is 12.7. The minimum absolute atomic E-state index is 0.0782. The van der Waals surface area contributed by atoms with E-state index in [9.17, 15) is 13.2 Å². The van der Waals surface area contributed by atoms with Crippen LogP contribution in [0.4, 0.5) is 5.69 Å². The number of para-hydroxylation sites is 1. The van der Waals surface area contributed by atoms with Gasteiger partial charge in [0.05, 0.1) is 4.90 Å². The van der Waals surface area contributed by atoms with Crippen LogP contribution < -0.4 is 10.0 Å². The van der Waals surface area contributed by atoms with E-state index >= 15 is 0 Å². The number of likely N-dealkylation sites (N-methyl/N-ethyl adjacent to an activating group) is 1. The van der Waals surface area contributed by atoms with Crippen molar-refractivity contribution in [3.8, 4) is 0 Å². The molecule has 2 aromatic rings. The quantitative estimate of drug-likeness (QED) is 0.728. The molecule has 0 bridgehead atoms. The van der Waals surface area contributed by atoms with Crippen molar-refractivity contribution in [3.05, 3.63) is 59.2 Å². The molecule has 0 aromatic heterocycles. The molecule has 2 rings (SSSR count). The van der Waals surface area contributed by atoms with Crippen LogP contribution in [-0.2, 0) is 16.4 Å². The topological polar surface area (TPSA) is 78.5 Å². The molecule has 0 unspecified atom stereocenters. The Bertz CT molecular complexity index is 908. The number of amides is 1. The van der Waals surface area contributed by atoms with Gasteiger partial charge in [-0.25, -0.2) is 13.1 Å². The molecule has 0 atom stereocenters. The Labute approximate surface area is 161 Å². The zero-order valence-corrected chi connectivity index (χ0v) is 17.1. The predicted molar refractivity (Wildman–Crippen MR) is 109 cm³/mol. The SMILES string of the molecule is CCc1cccc(C)c1NC(=O)c1cccc(S(=O)(=O)NCCN(C)C)c1. The van der Waals surface area contributed by atoms with Gasteiger partial charge in [-0.15, -0.1) is 0 Å². The van der Waals surface area contributed by atoms with E-state index < -0.39 is 10.0 Å². The Kier molecular flexibility index (Phi) is 7.12. The van der Waals surface area contributed by atoms with Crippen molar-refractivity contribution in [3.63, 3.8) is 0 Å². The zero-order valence-electron chi connectivity index (χ0n) is 16.2. The van der Waals surface area contributed by atoms with Crippen LogP contribution in [-0.4, -0.2) is 46.4 Å². The van der Waals surface area contributed by atoms with Gasteiger partial charge in [0.25, 0.3) is 5.91 Å². The first-order valence-corrected chi connectivity index (χ1v) is 10.4. The van der Waals surface area contributed by atoms with Gasteiger partial charge in [-0.05, 0) is 56.8 Å². The van der Waals surface area contributed by atoms with Gasteiger partial charge in [0.2, 0.25) is 10.0 Å². The Morgan fingerprint density at radius 3 is 2.48 bits per heavy atom. The number of hydrogen-bond donors (Lipinski definition) is 2. The monoisotopic (exact) mass is 389 g/mol. The lowest BCUT2D eigenvalue weighted by Gasteiger charge is -2.14. The summed E-state index contributed by atoms with van der Waals surface area (Å²) in [7, 11) is 0.0784. The maximum absolute atomic E-state index is 12.7. The number of rotatable bonds is 8. The van der Waals surface area contributed by atoms with Gasteiger partial charge in [0, 0.05) is 24.3 Å². The molecule has 0 aliphatic heterocycles. The van der Waals surface area contributed by atoms with E-state index in [4.69, 9.17) is 0 Å². The molecule has 1 amide bonds. The normalized spacial score (nSPS) is 11.6. The summed E-state index contributed by atoms with van der Waals surface area (Å²) in [5.74, 6) is -0.329. The lowest BCUT2D eigenvalue weighted by molar-refractivity contribution is 0.102. The van der Waals surface area contributed by atoms with E-state index in [2.05, 4.69) is 10.0 Å². The number of benzene rings is 2. The third-order valence-corrected chi connectivity index (χ3v) is 5.69. The molecule has 2 aromatic carbocycles. The van der Waals surface area contributed by atoms with Gasteiger partial charge in [-0.3, -0.25) is 4.79 Å². The fourth-order valence-electron chi connectivity index (χ4n) is 2.68. The van der Waals surface area contributed by atoms with Crippen LogP contribution >= 0.6 is 0 Å². The average molecular weight is 390 g/mol. The van der Waals surface area contributed by atoms with Crippen molar-refractivity contribution in [2.75, 3.05) is 32.5 Å². The summed E-state index contributed by atoms with van der Waals surface area (Å²) in [6.07, 6.45) is 0.793. The van der Waals surface area contributed by atoms with Crippen molar-refractivity contribution < 1.29 is 13.2 Å².